The zero-order valence-corrected chi connectivity index (χ0v) is 13.1. The third-order valence-corrected chi connectivity index (χ3v) is 5.99. The van der Waals surface area contributed by atoms with Gasteiger partial charge in [-0.1, -0.05) is 6.92 Å². The van der Waals surface area contributed by atoms with Gasteiger partial charge in [0.1, 0.15) is 18.0 Å². The van der Waals surface area contributed by atoms with Gasteiger partial charge >= 0.3 is 0 Å². The van der Waals surface area contributed by atoms with E-state index in [4.69, 9.17) is 0 Å². The maximum atomic E-state index is 11.5. The van der Waals surface area contributed by atoms with Crippen LogP contribution in [0.4, 0.5) is 11.6 Å². The molecule has 0 amide bonds. The van der Waals surface area contributed by atoms with Crippen LogP contribution in [0.25, 0.3) is 0 Å². The molecule has 2 saturated heterocycles. The molecule has 3 rings (SSSR count). The number of rotatable bonds is 3. The van der Waals surface area contributed by atoms with Crippen LogP contribution in [0.3, 0.4) is 0 Å². The molecule has 116 valence electrons. The lowest BCUT2D eigenvalue weighted by molar-refractivity contribution is 0.444. The predicted molar refractivity (Wildman–Crippen MR) is 83.3 cm³/mol. The standard InChI is InChI=1S/C14H22N4O2S/c1-11-3-2-5-18(8-11)14-7-13(15-10-16-14)17-12-4-6-21(19,20)9-12/h7,10-12H,2-6,8-9H2,1H3,(H,15,16,17). The van der Waals surface area contributed by atoms with Crippen molar-refractivity contribution in [2.45, 2.75) is 32.2 Å². The fourth-order valence-electron chi connectivity index (χ4n) is 3.11. The second-order valence-electron chi connectivity index (χ2n) is 6.20. The molecule has 2 fully saturated rings. The summed E-state index contributed by atoms with van der Waals surface area (Å²) in [5.41, 5.74) is 0. The molecule has 2 unspecified atom stereocenters. The van der Waals surface area contributed by atoms with Crippen LogP contribution in [-0.2, 0) is 9.84 Å². The molecule has 0 saturated carbocycles. The van der Waals surface area contributed by atoms with E-state index in [-0.39, 0.29) is 17.5 Å². The van der Waals surface area contributed by atoms with E-state index in [1.165, 1.54) is 12.8 Å². The second kappa shape index (κ2) is 5.79. The number of aromatic nitrogens is 2. The van der Waals surface area contributed by atoms with Crippen LogP contribution < -0.4 is 10.2 Å². The maximum Gasteiger partial charge on any atom is 0.152 e. The lowest BCUT2D eigenvalue weighted by Crippen LogP contribution is -2.35. The van der Waals surface area contributed by atoms with Crippen molar-refractivity contribution < 1.29 is 8.42 Å². The molecule has 21 heavy (non-hydrogen) atoms. The number of nitrogens with zero attached hydrogens (tertiary/aromatic N) is 3. The van der Waals surface area contributed by atoms with Crippen LogP contribution in [0.1, 0.15) is 26.2 Å². The van der Waals surface area contributed by atoms with Gasteiger partial charge in [-0.3, -0.25) is 0 Å². The molecule has 7 heteroatoms. The summed E-state index contributed by atoms with van der Waals surface area (Å²) < 4.78 is 23.0. The van der Waals surface area contributed by atoms with Crippen LogP contribution >= 0.6 is 0 Å². The highest BCUT2D eigenvalue weighted by atomic mass is 32.2. The monoisotopic (exact) mass is 310 g/mol. The van der Waals surface area contributed by atoms with Gasteiger partial charge in [-0.2, -0.15) is 0 Å². The van der Waals surface area contributed by atoms with Gasteiger partial charge in [-0.05, 0) is 25.2 Å². The largest absolute Gasteiger partial charge is 0.366 e. The summed E-state index contributed by atoms with van der Waals surface area (Å²) in [6, 6.07) is 1.90. The Morgan fingerprint density at radius 1 is 1.33 bits per heavy atom. The lowest BCUT2D eigenvalue weighted by Gasteiger charge is -2.31. The molecule has 1 aromatic heterocycles. The van der Waals surface area contributed by atoms with Gasteiger partial charge in [0.05, 0.1) is 11.5 Å². The second-order valence-corrected chi connectivity index (χ2v) is 8.43. The van der Waals surface area contributed by atoms with Crippen LogP contribution in [0.15, 0.2) is 12.4 Å². The zero-order valence-electron chi connectivity index (χ0n) is 12.3. The molecule has 0 aliphatic carbocycles. The molecule has 3 heterocycles. The Labute approximate surface area is 125 Å². The summed E-state index contributed by atoms with van der Waals surface area (Å²) in [6.07, 6.45) is 4.67. The first kappa shape index (κ1) is 14.6. The Hall–Kier alpha value is -1.37. The quantitative estimate of drug-likeness (QED) is 0.907. The van der Waals surface area contributed by atoms with Gasteiger partial charge in [0, 0.05) is 25.2 Å². The van der Waals surface area contributed by atoms with Crippen molar-refractivity contribution in [1.82, 2.24) is 9.97 Å². The van der Waals surface area contributed by atoms with E-state index in [2.05, 4.69) is 27.1 Å². The molecule has 0 bridgehead atoms. The number of hydrogen-bond acceptors (Lipinski definition) is 6. The van der Waals surface area contributed by atoms with Crippen LogP contribution in [-0.4, -0.2) is 49.0 Å². The summed E-state index contributed by atoms with van der Waals surface area (Å²) in [5, 5.41) is 3.23. The average molecular weight is 310 g/mol. The number of nitrogens with one attached hydrogen (secondary N) is 1. The molecule has 0 aromatic carbocycles. The van der Waals surface area contributed by atoms with Crippen molar-refractivity contribution in [3.05, 3.63) is 12.4 Å². The van der Waals surface area contributed by atoms with Crippen molar-refractivity contribution in [1.29, 1.82) is 0 Å². The first-order chi connectivity index (χ1) is 10.0. The molecule has 0 spiro atoms. The van der Waals surface area contributed by atoms with Gasteiger partial charge < -0.3 is 10.2 Å². The normalized spacial score (nSPS) is 28.5. The smallest absolute Gasteiger partial charge is 0.152 e. The molecular weight excluding hydrogens is 288 g/mol. The summed E-state index contributed by atoms with van der Waals surface area (Å²) in [4.78, 5) is 10.9. The van der Waals surface area contributed by atoms with Crippen molar-refractivity contribution in [3.63, 3.8) is 0 Å². The molecular formula is C14H22N4O2S. The molecule has 0 radical (unpaired) electrons. The zero-order chi connectivity index (χ0) is 14.9. The minimum Gasteiger partial charge on any atom is -0.366 e. The number of hydrogen-bond donors (Lipinski definition) is 1. The van der Waals surface area contributed by atoms with Crippen molar-refractivity contribution in [2.75, 3.05) is 34.8 Å². The Morgan fingerprint density at radius 3 is 2.90 bits per heavy atom. The third kappa shape index (κ3) is 3.64. The minimum absolute atomic E-state index is 0.0296. The lowest BCUT2D eigenvalue weighted by atomic mass is 10.0. The topological polar surface area (TPSA) is 75.2 Å². The maximum absolute atomic E-state index is 11.5. The summed E-state index contributed by atoms with van der Waals surface area (Å²) in [5.74, 6) is 2.81. The molecule has 2 aliphatic heterocycles. The number of piperidine rings is 1. The van der Waals surface area contributed by atoms with Crippen LogP contribution in [0.2, 0.25) is 0 Å². The van der Waals surface area contributed by atoms with E-state index in [0.717, 1.165) is 24.7 Å². The molecule has 2 atom stereocenters. The third-order valence-electron chi connectivity index (χ3n) is 4.22. The highest BCUT2D eigenvalue weighted by Crippen LogP contribution is 2.23. The van der Waals surface area contributed by atoms with E-state index in [1.807, 2.05) is 6.07 Å². The highest BCUT2D eigenvalue weighted by Gasteiger charge is 2.28. The Balaban J connectivity index is 1.68. The average Bonchev–Trinajstić information content (AvgIpc) is 2.78. The van der Waals surface area contributed by atoms with Gasteiger partial charge in [-0.25, -0.2) is 18.4 Å². The van der Waals surface area contributed by atoms with E-state index in [9.17, 15) is 8.42 Å². The fraction of sp³-hybridized carbons (Fsp3) is 0.714. The van der Waals surface area contributed by atoms with E-state index < -0.39 is 9.84 Å². The minimum atomic E-state index is -2.87. The number of anilines is 2. The molecule has 1 N–H and O–H groups in total. The Bertz CT molecular complexity index is 605. The Morgan fingerprint density at radius 2 is 2.19 bits per heavy atom. The highest BCUT2D eigenvalue weighted by molar-refractivity contribution is 7.91. The van der Waals surface area contributed by atoms with Crippen LogP contribution in [0.5, 0.6) is 0 Å². The van der Waals surface area contributed by atoms with Crippen LogP contribution in [0, 0.1) is 5.92 Å². The summed E-state index contributed by atoms with van der Waals surface area (Å²) >= 11 is 0. The van der Waals surface area contributed by atoms with Gasteiger partial charge in [0.15, 0.2) is 9.84 Å². The summed E-state index contributed by atoms with van der Waals surface area (Å²) in [6.45, 7) is 4.31. The molecule has 1 aromatic rings. The summed E-state index contributed by atoms with van der Waals surface area (Å²) in [7, 11) is -2.87. The van der Waals surface area contributed by atoms with Crippen molar-refractivity contribution in [2.24, 2.45) is 5.92 Å². The van der Waals surface area contributed by atoms with Gasteiger partial charge in [0.25, 0.3) is 0 Å². The fourth-order valence-corrected chi connectivity index (χ4v) is 4.79. The first-order valence-electron chi connectivity index (χ1n) is 7.56. The SMILES string of the molecule is CC1CCCN(c2cc(NC3CCS(=O)(=O)C3)ncn2)C1. The van der Waals surface area contributed by atoms with E-state index in [0.29, 0.717) is 12.3 Å². The first-order valence-corrected chi connectivity index (χ1v) is 9.38. The van der Waals surface area contributed by atoms with E-state index >= 15 is 0 Å². The molecule has 2 aliphatic rings. The van der Waals surface area contributed by atoms with Crippen molar-refractivity contribution >= 4 is 21.5 Å². The predicted octanol–water partition coefficient (Wildman–Crippen LogP) is 1.31. The van der Waals surface area contributed by atoms with E-state index in [1.54, 1.807) is 6.33 Å². The van der Waals surface area contributed by atoms with Gasteiger partial charge in [0.2, 0.25) is 0 Å². The Kier molecular flexibility index (Phi) is 4.01. The molecule has 6 nitrogen and oxygen atoms in total. The van der Waals surface area contributed by atoms with Gasteiger partial charge in [-0.15, -0.1) is 0 Å². The van der Waals surface area contributed by atoms with Crippen molar-refractivity contribution in [3.8, 4) is 0 Å². The number of sulfone groups is 1.